The van der Waals surface area contributed by atoms with Gasteiger partial charge >= 0.3 is 6.18 Å². The fourth-order valence-corrected chi connectivity index (χ4v) is 2.33. The van der Waals surface area contributed by atoms with Crippen LogP contribution in [0.5, 0.6) is 5.75 Å². The maximum Gasteiger partial charge on any atom is 0.419 e. The van der Waals surface area contributed by atoms with Crippen molar-refractivity contribution in [3.05, 3.63) is 29.6 Å². The van der Waals surface area contributed by atoms with E-state index in [9.17, 15) is 17.6 Å². The summed E-state index contributed by atoms with van der Waals surface area (Å²) in [6.45, 7) is 2.30. The third kappa shape index (κ3) is 4.10. The summed E-state index contributed by atoms with van der Waals surface area (Å²) in [5.41, 5.74) is -1.28. The van der Waals surface area contributed by atoms with Crippen LogP contribution < -0.4 is 10.1 Å². The molecular weight excluding hydrogens is 274 g/mol. The second-order valence-electron chi connectivity index (χ2n) is 4.97. The van der Waals surface area contributed by atoms with Gasteiger partial charge in [-0.25, -0.2) is 4.39 Å². The minimum atomic E-state index is -4.70. The van der Waals surface area contributed by atoms with Crippen molar-refractivity contribution in [1.29, 1.82) is 0 Å². The lowest BCUT2D eigenvalue weighted by Crippen LogP contribution is -2.28. The van der Waals surface area contributed by atoms with Crippen LogP contribution in [-0.2, 0) is 6.18 Å². The molecule has 20 heavy (non-hydrogen) atoms. The predicted molar refractivity (Wildman–Crippen MR) is 67.1 cm³/mol. The molecule has 2 nitrogen and oxygen atoms in total. The highest BCUT2D eigenvalue weighted by atomic mass is 19.4. The molecule has 1 N–H and O–H groups in total. The molecule has 0 aliphatic carbocycles. The van der Waals surface area contributed by atoms with Gasteiger partial charge in [0, 0.05) is 0 Å². The van der Waals surface area contributed by atoms with E-state index in [-0.39, 0.29) is 5.75 Å². The molecule has 0 aromatic heterocycles. The highest BCUT2D eigenvalue weighted by molar-refractivity contribution is 5.31. The van der Waals surface area contributed by atoms with E-state index in [0.29, 0.717) is 12.5 Å². The van der Waals surface area contributed by atoms with Gasteiger partial charge in [-0.1, -0.05) is 0 Å². The highest BCUT2D eigenvalue weighted by Crippen LogP contribution is 2.33. The second-order valence-corrected chi connectivity index (χ2v) is 4.97. The van der Waals surface area contributed by atoms with E-state index in [2.05, 4.69) is 5.32 Å². The molecule has 0 unspecified atom stereocenters. The van der Waals surface area contributed by atoms with Crippen LogP contribution in [0.4, 0.5) is 17.6 Å². The number of benzene rings is 1. The van der Waals surface area contributed by atoms with Gasteiger partial charge in [0.2, 0.25) is 0 Å². The molecular formula is C14H17F4NO. The average molecular weight is 291 g/mol. The van der Waals surface area contributed by atoms with Gasteiger partial charge < -0.3 is 10.1 Å². The Hall–Kier alpha value is -1.30. The molecule has 0 radical (unpaired) electrons. The number of halogens is 4. The number of nitrogens with one attached hydrogen (secondary N) is 1. The summed E-state index contributed by atoms with van der Waals surface area (Å²) in [4.78, 5) is 0. The lowest BCUT2D eigenvalue weighted by atomic mass is 9.95. The Morgan fingerprint density at radius 3 is 2.55 bits per heavy atom. The molecule has 2 rings (SSSR count). The first-order valence-corrected chi connectivity index (χ1v) is 6.67. The van der Waals surface area contributed by atoms with Gasteiger partial charge in [-0.2, -0.15) is 13.2 Å². The van der Waals surface area contributed by atoms with Crippen molar-refractivity contribution in [1.82, 2.24) is 5.32 Å². The van der Waals surface area contributed by atoms with Crippen LogP contribution in [0.25, 0.3) is 0 Å². The molecule has 1 heterocycles. The third-order valence-electron chi connectivity index (χ3n) is 3.50. The summed E-state index contributed by atoms with van der Waals surface area (Å²) < 4.78 is 56.0. The molecule has 1 aromatic rings. The van der Waals surface area contributed by atoms with Gasteiger partial charge in [0.05, 0.1) is 12.2 Å². The van der Waals surface area contributed by atoms with Crippen LogP contribution in [0.1, 0.15) is 24.8 Å². The molecule has 0 atom stereocenters. The summed E-state index contributed by atoms with van der Waals surface area (Å²) in [5.74, 6) is -0.672. The molecule has 112 valence electrons. The summed E-state index contributed by atoms with van der Waals surface area (Å²) in [6, 6.07) is 2.74. The normalized spacial score (nSPS) is 17.2. The van der Waals surface area contributed by atoms with Gasteiger partial charge in [0.15, 0.2) is 0 Å². The lowest BCUT2D eigenvalue weighted by Gasteiger charge is -2.22. The Morgan fingerprint density at radius 1 is 1.20 bits per heavy atom. The largest absolute Gasteiger partial charge is 0.494 e. The number of piperidine rings is 1. The van der Waals surface area contributed by atoms with Crippen LogP contribution in [0.3, 0.4) is 0 Å². The first-order chi connectivity index (χ1) is 9.47. The molecule has 0 bridgehead atoms. The lowest BCUT2D eigenvalue weighted by molar-refractivity contribution is -0.140. The molecule has 1 fully saturated rings. The maximum absolute atomic E-state index is 13.1. The monoisotopic (exact) mass is 291 g/mol. The van der Waals surface area contributed by atoms with E-state index in [0.717, 1.165) is 44.5 Å². The Kier molecular flexibility index (Phi) is 4.86. The fourth-order valence-electron chi connectivity index (χ4n) is 2.33. The Labute approximate surface area is 115 Å². The van der Waals surface area contributed by atoms with Crippen LogP contribution in [0, 0.1) is 11.7 Å². The van der Waals surface area contributed by atoms with E-state index in [1.165, 1.54) is 6.07 Å². The van der Waals surface area contributed by atoms with Crippen molar-refractivity contribution in [3.8, 4) is 5.75 Å². The molecule has 0 amide bonds. The number of alkyl halides is 3. The zero-order chi connectivity index (χ0) is 14.6. The molecule has 0 saturated carbocycles. The minimum Gasteiger partial charge on any atom is -0.494 e. The molecule has 6 heteroatoms. The van der Waals surface area contributed by atoms with E-state index in [1.54, 1.807) is 0 Å². The van der Waals surface area contributed by atoms with Gasteiger partial charge in [-0.15, -0.1) is 0 Å². The standard InChI is InChI=1S/C14H17F4NO/c15-13-2-1-11(9-12(13)14(16,17)18)20-8-5-10-3-6-19-7-4-10/h1-2,9-10,19H,3-8H2. The first kappa shape index (κ1) is 15.1. The molecule has 1 aliphatic rings. The van der Waals surface area contributed by atoms with Crippen molar-refractivity contribution in [3.63, 3.8) is 0 Å². The number of rotatable bonds is 4. The summed E-state index contributed by atoms with van der Waals surface area (Å²) in [7, 11) is 0. The molecule has 0 spiro atoms. The van der Waals surface area contributed by atoms with Crippen LogP contribution >= 0.6 is 0 Å². The topological polar surface area (TPSA) is 21.3 Å². The van der Waals surface area contributed by atoms with Crippen LogP contribution in [0.15, 0.2) is 18.2 Å². The van der Waals surface area contributed by atoms with Crippen molar-refractivity contribution in [2.24, 2.45) is 5.92 Å². The van der Waals surface area contributed by atoms with Crippen molar-refractivity contribution < 1.29 is 22.3 Å². The van der Waals surface area contributed by atoms with Crippen LogP contribution in [-0.4, -0.2) is 19.7 Å². The molecule has 1 aromatic carbocycles. The van der Waals surface area contributed by atoms with Crippen molar-refractivity contribution >= 4 is 0 Å². The van der Waals surface area contributed by atoms with E-state index >= 15 is 0 Å². The third-order valence-corrected chi connectivity index (χ3v) is 3.50. The summed E-state index contributed by atoms with van der Waals surface area (Å²) >= 11 is 0. The fraction of sp³-hybridized carbons (Fsp3) is 0.571. The van der Waals surface area contributed by atoms with Gasteiger partial charge in [-0.05, 0) is 56.5 Å². The zero-order valence-corrected chi connectivity index (χ0v) is 11.0. The summed E-state index contributed by atoms with van der Waals surface area (Å²) in [6.07, 6.45) is -1.78. The van der Waals surface area contributed by atoms with Crippen LogP contribution in [0.2, 0.25) is 0 Å². The predicted octanol–water partition coefficient (Wildman–Crippen LogP) is 3.61. The number of ether oxygens (including phenoxy) is 1. The van der Waals surface area contributed by atoms with E-state index in [1.807, 2.05) is 0 Å². The van der Waals surface area contributed by atoms with Gasteiger partial charge in [0.25, 0.3) is 0 Å². The molecule has 1 saturated heterocycles. The maximum atomic E-state index is 13.1. The first-order valence-electron chi connectivity index (χ1n) is 6.67. The smallest absolute Gasteiger partial charge is 0.419 e. The Morgan fingerprint density at radius 2 is 1.90 bits per heavy atom. The number of hydrogen-bond donors (Lipinski definition) is 1. The van der Waals surface area contributed by atoms with E-state index < -0.39 is 17.6 Å². The Bertz CT molecular complexity index is 441. The van der Waals surface area contributed by atoms with Crippen molar-refractivity contribution in [2.75, 3.05) is 19.7 Å². The highest BCUT2D eigenvalue weighted by Gasteiger charge is 2.34. The zero-order valence-electron chi connectivity index (χ0n) is 11.0. The molecule has 1 aliphatic heterocycles. The number of hydrogen-bond acceptors (Lipinski definition) is 2. The minimum absolute atomic E-state index is 0.0626. The van der Waals surface area contributed by atoms with Gasteiger partial charge in [0.1, 0.15) is 11.6 Å². The van der Waals surface area contributed by atoms with Crippen molar-refractivity contribution in [2.45, 2.75) is 25.4 Å². The quantitative estimate of drug-likeness (QED) is 0.856. The SMILES string of the molecule is Fc1ccc(OCCC2CCNCC2)cc1C(F)(F)F. The Balaban J connectivity index is 1.89. The second kappa shape index (κ2) is 6.43. The van der Waals surface area contributed by atoms with E-state index in [4.69, 9.17) is 4.74 Å². The van der Waals surface area contributed by atoms with Gasteiger partial charge in [-0.3, -0.25) is 0 Å². The summed E-state index contributed by atoms with van der Waals surface area (Å²) in [5, 5.41) is 3.25. The average Bonchev–Trinajstić information content (AvgIpc) is 2.40.